The summed E-state index contributed by atoms with van der Waals surface area (Å²) in [4.78, 5) is 22.3. The van der Waals surface area contributed by atoms with Gasteiger partial charge in [-0.15, -0.1) is 11.3 Å². The fourth-order valence-electron chi connectivity index (χ4n) is 2.78. The molecule has 1 amide bonds. The average molecular weight is 319 g/mol. The molecule has 1 fully saturated rings. The quantitative estimate of drug-likeness (QED) is 0.858. The van der Waals surface area contributed by atoms with Crippen LogP contribution >= 0.6 is 11.3 Å². The van der Waals surface area contributed by atoms with E-state index in [9.17, 15) is 4.79 Å². The Morgan fingerprint density at radius 2 is 2.00 bits per heavy atom. The number of hydrogen-bond acceptors (Lipinski definition) is 5. The number of rotatable bonds is 3. The molecular weight excluding hydrogens is 298 g/mol. The van der Waals surface area contributed by atoms with Crippen molar-refractivity contribution in [2.45, 2.75) is 20.3 Å². The van der Waals surface area contributed by atoms with Gasteiger partial charge in [-0.25, -0.2) is 4.98 Å². The van der Waals surface area contributed by atoms with E-state index in [1.165, 1.54) is 0 Å². The number of carbonyl (C=O) groups excluding carboxylic acids is 1. The summed E-state index contributed by atoms with van der Waals surface area (Å²) in [7, 11) is 1.92. The fraction of sp³-hybridized carbons (Fsp3) is 0.533. The van der Waals surface area contributed by atoms with Gasteiger partial charge < -0.3 is 9.80 Å². The molecule has 0 radical (unpaired) electrons. The van der Waals surface area contributed by atoms with Crippen LogP contribution in [-0.4, -0.2) is 51.8 Å². The lowest BCUT2D eigenvalue weighted by Crippen LogP contribution is -2.49. The summed E-state index contributed by atoms with van der Waals surface area (Å²) in [6.45, 7) is 7.25. The molecule has 0 unspecified atom stereocenters. The molecule has 1 saturated heterocycles. The molecule has 3 heterocycles. The predicted octanol–water partition coefficient (Wildman–Crippen LogP) is 1.38. The highest BCUT2D eigenvalue weighted by molar-refractivity contribution is 7.11. The minimum Gasteiger partial charge on any atom is -0.365 e. The molecule has 0 aromatic carbocycles. The molecule has 1 aliphatic rings. The third-order valence-corrected chi connectivity index (χ3v) is 4.94. The van der Waals surface area contributed by atoms with Crippen LogP contribution in [0, 0.1) is 13.8 Å². The van der Waals surface area contributed by atoms with E-state index in [0.29, 0.717) is 6.42 Å². The topological polar surface area (TPSA) is 54.3 Å². The number of hydrogen-bond donors (Lipinski definition) is 0. The van der Waals surface area contributed by atoms with Gasteiger partial charge in [0.1, 0.15) is 0 Å². The zero-order chi connectivity index (χ0) is 15.7. The largest absolute Gasteiger partial charge is 0.365 e. The van der Waals surface area contributed by atoms with Crippen molar-refractivity contribution in [2.24, 2.45) is 7.05 Å². The van der Waals surface area contributed by atoms with Crippen LogP contribution in [-0.2, 0) is 18.3 Å². The molecule has 0 atom stereocenters. The summed E-state index contributed by atoms with van der Waals surface area (Å²) in [6.07, 6.45) is 4.31. The van der Waals surface area contributed by atoms with Crippen LogP contribution in [0.25, 0.3) is 0 Å². The highest BCUT2D eigenvalue weighted by Crippen LogP contribution is 2.19. The number of aromatic nitrogens is 3. The van der Waals surface area contributed by atoms with E-state index in [-0.39, 0.29) is 5.91 Å². The van der Waals surface area contributed by atoms with Crippen LogP contribution in [0.3, 0.4) is 0 Å². The van der Waals surface area contributed by atoms with E-state index in [4.69, 9.17) is 0 Å². The van der Waals surface area contributed by atoms with Gasteiger partial charge in [0.25, 0.3) is 0 Å². The van der Waals surface area contributed by atoms with E-state index in [0.717, 1.165) is 47.4 Å². The van der Waals surface area contributed by atoms with Crippen molar-refractivity contribution in [3.8, 4) is 0 Å². The van der Waals surface area contributed by atoms with Crippen LogP contribution in [0.15, 0.2) is 12.4 Å². The van der Waals surface area contributed by atoms with Gasteiger partial charge in [0.2, 0.25) is 5.91 Å². The van der Waals surface area contributed by atoms with Gasteiger partial charge in [-0.2, -0.15) is 5.10 Å². The second-order valence-electron chi connectivity index (χ2n) is 5.65. The molecule has 7 heteroatoms. The first-order valence-corrected chi connectivity index (χ1v) is 8.29. The zero-order valence-corrected chi connectivity index (χ0v) is 14.1. The summed E-state index contributed by atoms with van der Waals surface area (Å²) in [6, 6.07) is 0. The third kappa shape index (κ3) is 3.14. The second-order valence-corrected chi connectivity index (χ2v) is 7.06. The summed E-state index contributed by atoms with van der Waals surface area (Å²) >= 11 is 1.66. The minimum absolute atomic E-state index is 0.180. The van der Waals surface area contributed by atoms with Gasteiger partial charge in [-0.3, -0.25) is 9.48 Å². The second kappa shape index (κ2) is 6.08. The Bertz CT molecular complexity index is 669. The number of piperazine rings is 1. The lowest BCUT2D eigenvalue weighted by Gasteiger charge is -2.35. The van der Waals surface area contributed by atoms with E-state index in [2.05, 4.69) is 15.0 Å². The molecule has 22 heavy (non-hydrogen) atoms. The maximum atomic E-state index is 12.4. The Hall–Kier alpha value is -1.89. The molecular formula is C15H21N5OS. The molecule has 0 aliphatic carbocycles. The van der Waals surface area contributed by atoms with Gasteiger partial charge in [-0.1, -0.05) is 0 Å². The first-order valence-electron chi connectivity index (χ1n) is 7.47. The molecule has 2 aromatic heterocycles. The maximum Gasteiger partial charge on any atom is 0.228 e. The SMILES string of the molecule is Cc1nc(CC(=O)N2CCN(c3cnn(C)c3)CC2)c(C)s1. The van der Waals surface area contributed by atoms with Crippen molar-refractivity contribution in [3.63, 3.8) is 0 Å². The lowest BCUT2D eigenvalue weighted by atomic mass is 10.2. The summed E-state index contributed by atoms with van der Waals surface area (Å²) in [5, 5.41) is 5.23. The van der Waals surface area contributed by atoms with Gasteiger partial charge in [-0.05, 0) is 13.8 Å². The summed E-state index contributed by atoms with van der Waals surface area (Å²) < 4.78 is 1.81. The molecule has 118 valence electrons. The Morgan fingerprint density at radius 1 is 1.27 bits per heavy atom. The fourth-order valence-corrected chi connectivity index (χ4v) is 3.61. The zero-order valence-electron chi connectivity index (χ0n) is 13.2. The third-order valence-electron chi connectivity index (χ3n) is 4.01. The first-order chi connectivity index (χ1) is 10.5. The molecule has 6 nitrogen and oxygen atoms in total. The summed E-state index contributed by atoms with van der Waals surface area (Å²) in [5.41, 5.74) is 2.06. The predicted molar refractivity (Wildman–Crippen MR) is 87.3 cm³/mol. The van der Waals surface area contributed by atoms with Gasteiger partial charge in [0.15, 0.2) is 0 Å². The highest BCUT2D eigenvalue weighted by atomic mass is 32.1. The minimum atomic E-state index is 0.180. The maximum absolute atomic E-state index is 12.4. The average Bonchev–Trinajstić information content (AvgIpc) is 3.05. The van der Waals surface area contributed by atoms with E-state index in [1.54, 1.807) is 16.0 Å². The Labute approximate surface area is 134 Å². The van der Waals surface area contributed by atoms with Crippen molar-refractivity contribution in [1.82, 2.24) is 19.7 Å². The van der Waals surface area contributed by atoms with E-state index in [1.807, 2.05) is 38.2 Å². The molecule has 0 spiro atoms. The van der Waals surface area contributed by atoms with E-state index >= 15 is 0 Å². The van der Waals surface area contributed by atoms with Crippen LogP contribution in [0.4, 0.5) is 5.69 Å². The van der Waals surface area contributed by atoms with Crippen LogP contribution in [0.1, 0.15) is 15.6 Å². The molecule has 1 aliphatic heterocycles. The van der Waals surface area contributed by atoms with Crippen molar-refractivity contribution in [1.29, 1.82) is 0 Å². The van der Waals surface area contributed by atoms with Crippen LogP contribution in [0.5, 0.6) is 0 Å². The van der Waals surface area contributed by atoms with Crippen LogP contribution < -0.4 is 4.90 Å². The molecule has 3 rings (SSSR count). The van der Waals surface area contributed by atoms with Gasteiger partial charge >= 0.3 is 0 Å². The lowest BCUT2D eigenvalue weighted by molar-refractivity contribution is -0.130. The normalized spacial score (nSPS) is 15.4. The molecule has 0 saturated carbocycles. The number of aryl methyl sites for hydroxylation is 3. The van der Waals surface area contributed by atoms with Crippen LogP contribution in [0.2, 0.25) is 0 Å². The number of nitrogens with zero attached hydrogens (tertiary/aromatic N) is 5. The molecule has 0 bridgehead atoms. The standard InChI is InChI=1S/C15H21N5OS/c1-11-14(17-12(2)22-11)8-15(21)20-6-4-19(5-7-20)13-9-16-18(3)10-13/h9-10H,4-8H2,1-3H3. The van der Waals surface area contributed by atoms with Crippen molar-refractivity contribution in [2.75, 3.05) is 31.1 Å². The van der Waals surface area contributed by atoms with Gasteiger partial charge in [0.05, 0.1) is 29.0 Å². The van der Waals surface area contributed by atoms with Crippen molar-refractivity contribution in [3.05, 3.63) is 28.0 Å². The van der Waals surface area contributed by atoms with Crippen molar-refractivity contribution < 1.29 is 4.79 Å². The smallest absolute Gasteiger partial charge is 0.228 e. The highest BCUT2D eigenvalue weighted by Gasteiger charge is 2.23. The monoisotopic (exact) mass is 319 g/mol. The number of thiazole rings is 1. The number of anilines is 1. The Kier molecular flexibility index (Phi) is 4.15. The first kappa shape index (κ1) is 15.0. The number of amides is 1. The van der Waals surface area contributed by atoms with Gasteiger partial charge in [0, 0.05) is 44.3 Å². The summed E-state index contributed by atoms with van der Waals surface area (Å²) in [5.74, 6) is 0.180. The van der Waals surface area contributed by atoms with E-state index < -0.39 is 0 Å². The van der Waals surface area contributed by atoms with Crippen molar-refractivity contribution >= 4 is 22.9 Å². The molecule has 2 aromatic rings. The Balaban J connectivity index is 1.57. The molecule has 0 N–H and O–H groups in total. The number of carbonyl (C=O) groups is 1. The Morgan fingerprint density at radius 3 is 2.55 bits per heavy atom.